The average molecular weight is 268 g/mol. The summed E-state index contributed by atoms with van der Waals surface area (Å²) in [5, 5.41) is 2.93. The zero-order valence-corrected chi connectivity index (χ0v) is 11.8. The van der Waals surface area contributed by atoms with Crippen molar-refractivity contribution in [2.45, 2.75) is 32.7 Å². The number of hydrogen-bond acceptors (Lipinski definition) is 2. The van der Waals surface area contributed by atoms with E-state index in [0.29, 0.717) is 13.0 Å². The Balaban J connectivity index is 1.74. The molecule has 3 nitrogen and oxygen atoms in total. The molecule has 2 aromatic rings. The number of nitrogens with zero attached hydrogens (tertiary/aromatic N) is 1. The highest BCUT2D eigenvalue weighted by Crippen LogP contribution is 2.07. The summed E-state index contributed by atoms with van der Waals surface area (Å²) in [6, 6.07) is 12.3. The van der Waals surface area contributed by atoms with E-state index in [0.717, 1.165) is 18.4 Å². The summed E-state index contributed by atoms with van der Waals surface area (Å²) in [5.74, 6) is 0.0846. The van der Waals surface area contributed by atoms with Crippen molar-refractivity contribution < 1.29 is 4.79 Å². The van der Waals surface area contributed by atoms with Gasteiger partial charge in [0.2, 0.25) is 5.91 Å². The quantitative estimate of drug-likeness (QED) is 0.875. The lowest BCUT2D eigenvalue weighted by Crippen LogP contribution is -2.22. The predicted molar refractivity (Wildman–Crippen MR) is 80.2 cm³/mol. The summed E-state index contributed by atoms with van der Waals surface area (Å²) in [6.07, 6.45) is 5.82. The number of pyridine rings is 1. The number of amides is 1. The van der Waals surface area contributed by atoms with Crippen molar-refractivity contribution in [2.75, 3.05) is 0 Å². The van der Waals surface area contributed by atoms with Crippen molar-refractivity contribution in [1.82, 2.24) is 10.3 Å². The average Bonchev–Trinajstić information content (AvgIpc) is 2.52. The molecule has 1 aromatic heterocycles. The number of aromatic nitrogens is 1. The van der Waals surface area contributed by atoms with Gasteiger partial charge in [0.25, 0.3) is 0 Å². The second-order valence-corrected chi connectivity index (χ2v) is 4.80. The molecule has 1 amide bonds. The minimum atomic E-state index is 0.0846. The van der Waals surface area contributed by atoms with Gasteiger partial charge in [-0.05, 0) is 41.7 Å². The van der Waals surface area contributed by atoms with Crippen LogP contribution in [0.5, 0.6) is 0 Å². The van der Waals surface area contributed by atoms with Crippen molar-refractivity contribution in [2.24, 2.45) is 0 Å². The van der Waals surface area contributed by atoms with Crippen molar-refractivity contribution in [3.05, 3.63) is 65.5 Å². The fourth-order valence-corrected chi connectivity index (χ4v) is 1.99. The summed E-state index contributed by atoms with van der Waals surface area (Å²) in [7, 11) is 0. The van der Waals surface area contributed by atoms with E-state index in [2.05, 4.69) is 41.5 Å². The van der Waals surface area contributed by atoms with Crippen LogP contribution < -0.4 is 5.32 Å². The molecule has 3 heteroatoms. The lowest BCUT2D eigenvalue weighted by atomic mass is 10.1. The Morgan fingerprint density at radius 1 is 1.00 bits per heavy atom. The maximum atomic E-state index is 11.8. The highest BCUT2D eigenvalue weighted by atomic mass is 16.1. The molecule has 2 rings (SSSR count). The molecule has 0 aliphatic carbocycles. The van der Waals surface area contributed by atoms with Crippen LogP contribution in [0.4, 0.5) is 0 Å². The molecule has 0 unspecified atom stereocenters. The van der Waals surface area contributed by atoms with Crippen LogP contribution in [0.3, 0.4) is 0 Å². The highest BCUT2D eigenvalue weighted by Gasteiger charge is 2.02. The van der Waals surface area contributed by atoms with E-state index < -0.39 is 0 Å². The zero-order valence-electron chi connectivity index (χ0n) is 11.8. The number of aryl methyl sites for hydroxylation is 2. The van der Waals surface area contributed by atoms with Gasteiger partial charge in [-0.15, -0.1) is 0 Å². The third-order valence-corrected chi connectivity index (χ3v) is 3.31. The van der Waals surface area contributed by atoms with Crippen LogP contribution in [0, 0.1) is 0 Å². The standard InChI is InChI=1S/C17H20N2O/c1-2-14-3-5-15(6-4-14)7-8-17(20)19-13-16-9-11-18-12-10-16/h3-6,9-12H,2,7-8,13H2,1H3,(H,19,20). The molecular weight excluding hydrogens is 248 g/mol. The van der Waals surface area contributed by atoms with Crippen LogP contribution in [0.1, 0.15) is 30.0 Å². The number of benzene rings is 1. The first-order valence-electron chi connectivity index (χ1n) is 7.01. The molecule has 0 aliphatic heterocycles. The summed E-state index contributed by atoms with van der Waals surface area (Å²) in [6.45, 7) is 2.71. The Morgan fingerprint density at radius 2 is 1.65 bits per heavy atom. The smallest absolute Gasteiger partial charge is 0.220 e. The molecule has 0 fully saturated rings. The van der Waals surface area contributed by atoms with Crippen molar-refractivity contribution in [3.8, 4) is 0 Å². The third-order valence-electron chi connectivity index (χ3n) is 3.31. The lowest BCUT2D eigenvalue weighted by molar-refractivity contribution is -0.121. The fourth-order valence-electron chi connectivity index (χ4n) is 1.99. The predicted octanol–water partition coefficient (Wildman–Crippen LogP) is 2.89. The number of carbonyl (C=O) groups excluding carboxylic acids is 1. The number of rotatable bonds is 6. The topological polar surface area (TPSA) is 42.0 Å². The third kappa shape index (κ3) is 4.50. The van der Waals surface area contributed by atoms with Gasteiger partial charge in [-0.1, -0.05) is 31.2 Å². The molecule has 0 aliphatic rings. The van der Waals surface area contributed by atoms with E-state index in [9.17, 15) is 4.79 Å². The second-order valence-electron chi connectivity index (χ2n) is 4.80. The van der Waals surface area contributed by atoms with E-state index in [-0.39, 0.29) is 5.91 Å². The molecule has 0 saturated heterocycles. The molecule has 1 N–H and O–H groups in total. The number of carbonyl (C=O) groups is 1. The van der Waals surface area contributed by atoms with Crippen molar-refractivity contribution >= 4 is 5.91 Å². The van der Waals surface area contributed by atoms with Crippen LogP contribution >= 0.6 is 0 Å². The summed E-state index contributed by atoms with van der Waals surface area (Å²) >= 11 is 0. The van der Waals surface area contributed by atoms with E-state index in [4.69, 9.17) is 0 Å². The van der Waals surface area contributed by atoms with Gasteiger partial charge in [-0.25, -0.2) is 0 Å². The van der Waals surface area contributed by atoms with Crippen LogP contribution in [-0.2, 0) is 24.2 Å². The van der Waals surface area contributed by atoms with Crippen LogP contribution in [0.2, 0.25) is 0 Å². The highest BCUT2D eigenvalue weighted by molar-refractivity contribution is 5.76. The normalized spacial score (nSPS) is 10.2. The van der Waals surface area contributed by atoms with Gasteiger partial charge in [0.1, 0.15) is 0 Å². The summed E-state index contributed by atoms with van der Waals surface area (Å²) in [5.41, 5.74) is 3.61. The maximum absolute atomic E-state index is 11.8. The first-order valence-corrected chi connectivity index (χ1v) is 7.01. The monoisotopic (exact) mass is 268 g/mol. The fraction of sp³-hybridized carbons (Fsp3) is 0.294. The molecule has 1 heterocycles. The Kier molecular flexibility index (Phi) is 5.30. The Hall–Kier alpha value is -2.16. The number of hydrogen-bond donors (Lipinski definition) is 1. The van der Waals surface area contributed by atoms with Crippen molar-refractivity contribution in [3.63, 3.8) is 0 Å². The first kappa shape index (κ1) is 14.3. The first-order chi connectivity index (χ1) is 9.78. The molecule has 20 heavy (non-hydrogen) atoms. The molecule has 0 spiro atoms. The molecule has 0 saturated carbocycles. The van der Waals surface area contributed by atoms with Gasteiger partial charge in [0.05, 0.1) is 0 Å². The van der Waals surface area contributed by atoms with Crippen molar-refractivity contribution in [1.29, 1.82) is 0 Å². The maximum Gasteiger partial charge on any atom is 0.220 e. The van der Waals surface area contributed by atoms with Crippen LogP contribution in [0.25, 0.3) is 0 Å². The van der Waals surface area contributed by atoms with Gasteiger partial charge in [-0.3, -0.25) is 9.78 Å². The number of nitrogens with one attached hydrogen (secondary N) is 1. The van der Waals surface area contributed by atoms with Gasteiger partial charge in [0.15, 0.2) is 0 Å². The van der Waals surface area contributed by atoms with Gasteiger partial charge < -0.3 is 5.32 Å². The minimum Gasteiger partial charge on any atom is -0.352 e. The summed E-state index contributed by atoms with van der Waals surface area (Å²) in [4.78, 5) is 15.7. The van der Waals surface area contributed by atoms with Gasteiger partial charge >= 0.3 is 0 Å². The molecule has 0 bridgehead atoms. The largest absolute Gasteiger partial charge is 0.352 e. The zero-order chi connectivity index (χ0) is 14.2. The molecule has 0 atom stereocenters. The molecule has 104 valence electrons. The van der Waals surface area contributed by atoms with E-state index in [1.807, 2.05) is 12.1 Å². The Morgan fingerprint density at radius 3 is 2.30 bits per heavy atom. The lowest BCUT2D eigenvalue weighted by Gasteiger charge is -2.06. The minimum absolute atomic E-state index is 0.0846. The molecule has 0 radical (unpaired) electrons. The van der Waals surface area contributed by atoms with Gasteiger partial charge in [-0.2, -0.15) is 0 Å². The van der Waals surface area contributed by atoms with Crippen LogP contribution in [-0.4, -0.2) is 10.9 Å². The van der Waals surface area contributed by atoms with Gasteiger partial charge in [0, 0.05) is 25.4 Å². The van der Waals surface area contributed by atoms with E-state index >= 15 is 0 Å². The Bertz CT molecular complexity index is 535. The van der Waals surface area contributed by atoms with Crippen LogP contribution in [0.15, 0.2) is 48.8 Å². The summed E-state index contributed by atoms with van der Waals surface area (Å²) < 4.78 is 0. The molecular formula is C17H20N2O. The molecule has 1 aromatic carbocycles. The Labute approximate surface area is 120 Å². The van der Waals surface area contributed by atoms with E-state index in [1.165, 1.54) is 11.1 Å². The SMILES string of the molecule is CCc1ccc(CCC(=O)NCc2ccncc2)cc1. The second kappa shape index (κ2) is 7.43. The van der Waals surface area contributed by atoms with E-state index in [1.54, 1.807) is 12.4 Å².